The van der Waals surface area contributed by atoms with Gasteiger partial charge in [-0.2, -0.15) is 0 Å². The van der Waals surface area contributed by atoms with Crippen molar-refractivity contribution in [3.05, 3.63) is 23.5 Å². The fourth-order valence-corrected chi connectivity index (χ4v) is 0.803. The zero-order valence-electron chi connectivity index (χ0n) is 5.54. The van der Waals surface area contributed by atoms with Gasteiger partial charge in [0.2, 0.25) is 0 Å². The molecule has 1 aliphatic rings. The average Bonchev–Trinajstić information content (AvgIpc) is 1.79. The van der Waals surface area contributed by atoms with Gasteiger partial charge < -0.3 is 16.6 Å². The summed E-state index contributed by atoms with van der Waals surface area (Å²) in [6, 6.07) is 0. The van der Waals surface area contributed by atoms with E-state index in [0.29, 0.717) is 17.8 Å². The van der Waals surface area contributed by atoms with Crippen LogP contribution in [0.1, 0.15) is 6.42 Å². The molecule has 7 N–H and O–H groups in total. The molecule has 4 nitrogen and oxygen atoms in total. The summed E-state index contributed by atoms with van der Waals surface area (Å²) in [5.74, 6) is 0. The second kappa shape index (κ2) is 2.00. The SMILES string of the molecule is NC1=CCC(N)(O)C=C1N. The van der Waals surface area contributed by atoms with Crippen LogP contribution in [0.25, 0.3) is 0 Å². The Hall–Kier alpha value is -1.00. The predicted octanol–water partition coefficient (Wildman–Crippen LogP) is -1.28. The van der Waals surface area contributed by atoms with Crippen LogP contribution in [0, 0.1) is 0 Å². The Morgan fingerprint density at radius 1 is 1.40 bits per heavy atom. The lowest BCUT2D eigenvalue weighted by Crippen LogP contribution is -2.40. The number of rotatable bonds is 0. The summed E-state index contributed by atoms with van der Waals surface area (Å²) in [5.41, 5.74) is 15.6. The second-order valence-electron chi connectivity index (χ2n) is 2.45. The molecule has 0 aliphatic heterocycles. The maximum absolute atomic E-state index is 9.18. The van der Waals surface area contributed by atoms with Gasteiger partial charge in [-0.15, -0.1) is 0 Å². The average molecular weight is 141 g/mol. The first-order chi connectivity index (χ1) is 4.51. The van der Waals surface area contributed by atoms with E-state index in [9.17, 15) is 5.11 Å². The minimum Gasteiger partial charge on any atom is -0.397 e. The summed E-state index contributed by atoms with van der Waals surface area (Å²) < 4.78 is 0. The van der Waals surface area contributed by atoms with Crippen molar-refractivity contribution in [2.24, 2.45) is 17.2 Å². The molecular formula is C6H11N3O. The summed E-state index contributed by atoms with van der Waals surface area (Å²) in [6.07, 6.45) is 3.27. The summed E-state index contributed by atoms with van der Waals surface area (Å²) in [7, 11) is 0. The molecular weight excluding hydrogens is 130 g/mol. The first-order valence-electron chi connectivity index (χ1n) is 2.97. The Labute approximate surface area is 59.0 Å². The number of nitrogens with two attached hydrogens (primary N) is 3. The van der Waals surface area contributed by atoms with Gasteiger partial charge in [-0.1, -0.05) is 6.08 Å². The van der Waals surface area contributed by atoms with Crippen molar-refractivity contribution in [3.8, 4) is 0 Å². The van der Waals surface area contributed by atoms with Crippen molar-refractivity contribution >= 4 is 0 Å². The molecule has 0 radical (unpaired) electrons. The zero-order valence-corrected chi connectivity index (χ0v) is 5.54. The highest BCUT2D eigenvalue weighted by molar-refractivity contribution is 5.32. The van der Waals surface area contributed by atoms with E-state index >= 15 is 0 Å². The van der Waals surface area contributed by atoms with E-state index in [1.165, 1.54) is 6.08 Å². The molecule has 56 valence electrons. The molecule has 0 bridgehead atoms. The maximum Gasteiger partial charge on any atom is 0.138 e. The van der Waals surface area contributed by atoms with Crippen molar-refractivity contribution in [2.45, 2.75) is 12.1 Å². The standard InChI is InChI=1S/C6H11N3O/c7-4-1-2-6(9,10)3-5(4)8/h1,3,10H,2,7-9H2. The smallest absolute Gasteiger partial charge is 0.138 e. The van der Waals surface area contributed by atoms with E-state index in [2.05, 4.69) is 0 Å². The lowest BCUT2D eigenvalue weighted by molar-refractivity contribution is 0.0990. The monoisotopic (exact) mass is 141 g/mol. The van der Waals surface area contributed by atoms with E-state index < -0.39 is 5.72 Å². The van der Waals surface area contributed by atoms with E-state index in [4.69, 9.17) is 17.2 Å². The summed E-state index contributed by atoms with van der Waals surface area (Å²) >= 11 is 0. The van der Waals surface area contributed by atoms with Gasteiger partial charge in [-0.3, -0.25) is 5.73 Å². The summed E-state index contributed by atoms with van der Waals surface area (Å²) in [5, 5.41) is 9.18. The van der Waals surface area contributed by atoms with E-state index in [1.807, 2.05) is 0 Å². The van der Waals surface area contributed by atoms with Crippen molar-refractivity contribution in [1.82, 2.24) is 0 Å². The molecule has 0 aromatic heterocycles. The molecule has 0 aromatic carbocycles. The number of aliphatic hydroxyl groups is 1. The molecule has 1 atom stereocenters. The second-order valence-corrected chi connectivity index (χ2v) is 2.45. The minimum atomic E-state index is -1.31. The highest BCUT2D eigenvalue weighted by Crippen LogP contribution is 2.15. The van der Waals surface area contributed by atoms with Crippen LogP contribution in [0.15, 0.2) is 23.5 Å². The summed E-state index contributed by atoms with van der Waals surface area (Å²) in [4.78, 5) is 0. The van der Waals surface area contributed by atoms with Crippen molar-refractivity contribution in [1.29, 1.82) is 0 Å². The Balaban J connectivity index is 2.87. The van der Waals surface area contributed by atoms with Crippen LogP contribution >= 0.6 is 0 Å². The number of hydrogen-bond donors (Lipinski definition) is 4. The third-order valence-electron chi connectivity index (χ3n) is 1.39. The van der Waals surface area contributed by atoms with Gasteiger partial charge in [0, 0.05) is 6.42 Å². The fourth-order valence-electron chi connectivity index (χ4n) is 0.803. The van der Waals surface area contributed by atoms with E-state index in [-0.39, 0.29) is 0 Å². The van der Waals surface area contributed by atoms with Crippen LogP contribution in [0.4, 0.5) is 0 Å². The molecule has 0 amide bonds. The van der Waals surface area contributed by atoms with Gasteiger partial charge in [0.15, 0.2) is 0 Å². The lowest BCUT2D eigenvalue weighted by Gasteiger charge is -2.22. The number of hydrogen-bond acceptors (Lipinski definition) is 4. The third-order valence-corrected chi connectivity index (χ3v) is 1.39. The largest absolute Gasteiger partial charge is 0.397 e. The van der Waals surface area contributed by atoms with Gasteiger partial charge >= 0.3 is 0 Å². The van der Waals surface area contributed by atoms with Crippen molar-refractivity contribution < 1.29 is 5.11 Å². The van der Waals surface area contributed by atoms with Gasteiger partial charge in [0.25, 0.3) is 0 Å². The van der Waals surface area contributed by atoms with Crippen LogP contribution < -0.4 is 17.2 Å². The molecule has 1 rings (SSSR count). The van der Waals surface area contributed by atoms with Gasteiger partial charge in [0.05, 0.1) is 11.4 Å². The van der Waals surface area contributed by atoms with E-state index in [1.54, 1.807) is 6.08 Å². The molecule has 1 aliphatic carbocycles. The fraction of sp³-hybridized carbons (Fsp3) is 0.333. The van der Waals surface area contributed by atoms with Gasteiger partial charge in [-0.25, -0.2) is 0 Å². The van der Waals surface area contributed by atoms with Crippen LogP contribution in [0.2, 0.25) is 0 Å². The molecule has 0 fully saturated rings. The summed E-state index contributed by atoms with van der Waals surface area (Å²) in [6.45, 7) is 0. The highest BCUT2D eigenvalue weighted by Gasteiger charge is 2.20. The molecule has 0 heterocycles. The Morgan fingerprint density at radius 2 is 2.00 bits per heavy atom. The van der Waals surface area contributed by atoms with Crippen molar-refractivity contribution in [3.63, 3.8) is 0 Å². The molecule has 4 heteroatoms. The quantitative estimate of drug-likeness (QED) is 0.316. The molecule has 0 saturated carbocycles. The van der Waals surface area contributed by atoms with Gasteiger partial charge in [-0.05, 0) is 6.08 Å². The molecule has 0 saturated heterocycles. The van der Waals surface area contributed by atoms with Gasteiger partial charge in [0.1, 0.15) is 5.72 Å². The Kier molecular flexibility index (Phi) is 1.42. The first kappa shape index (κ1) is 7.11. The molecule has 0 spiro atoms. The van der Waals surface area contributed by atoms with Crippen molar-refractivity contribution in [2.75, 3.05) is 0 Å². The van der Waals surface area contributed by atoms with Crippen LogP contribution in [0.5, 0.6) is 0 Å². The van der Waals surface area contributed by atoms with Crippen LogP contribution in [0.3, 0.4) is 0 Å². The normalized spacial score (nSPS) is 33.0. The lowest BCUT2D eigenvalue weighted by atomic mass is 10.0. The minimum absolute atomic E-state index is 0.319. The first-order valence-corrected chi connectivity index (χ1v) is 2.97. The highest BCUT2D eigenvalue weighted by atomic mass is 16.3. The Bertz CT molecular complexity index is 205. The maximum atomic E-state index is 9.18. The predicted molar refractivity (Wildman–Crippen MR) is 38.3 cm³/mol. The molecule has 0 aromatic rings. The van der Waals surface area contributed by atoms with Crippen LogP contribution in [-0.2, 0) is 0 Å². The van der Waals surface area contributed by atoms with Crippen LogP contribution in [-0.4, -0.2) is 10.8 Å². The zero-order chi connectivity index (χ0) is 7.78. The molecule has 10 heavy (non-hydrogen) atoms. The topological polar surface area (TPSA) is 98.3 Å². The Morgan fingerprint density at radius 3 is 2.40 bits per heavy atom. The molecule has 1 unspecified atom stereocenters. The third kappa shape index (κ3) is 1.29. The van der Waals surface area contributed by atoms with E-state index in [0.717, 1.165) is 0 Å².